The first-order valence-corrected chi connectivity index (χ1v) is 9.51. The van der Waals surface area contributed by atoms with E-state index in [0.717, 1.165) is 23.4 Å². The van der Waals surface area contributed by atoms with Gasteiger partial charge in [0.15, 0.2) is 0 Å². The topological polar surface area (TPSA) is 58.6 Å². The van der Waals surface area contributed by atoms with Crippen LogP contribution in [0.25, 0.3) is 0 Å². The van der Waals surface area contributed by atoms with Crippen LogP contribution in [0, 0.1) is 5.92 Å². The Labute approximate surface area is 163 Å². The minimum Gasteiger partial charge on any atom is -0.497 e. The van der Waals surface area contributed by atoms with E-state index in [4.69, 9.17) is 4.74 Å². The first-order valence-electron chi connectivity index (χ1n) is 9.51. The molecule has 5 rings (SSSR count). The minimum atomic E-state index is -0.886. The summed E-state index contributed by atoms with van der Waals surface area (Å²) in [7, 11) is 1.67. The van der Waals surface area contributed by atoms with E-state index in [-0.39, 0.29) is 12.0 Å². The number of benzene rings is 3. The highest BCUT2D eigenvalue weighted by molar-refractivity contribution is 5.89. The lowest BCUT2D eigenvalue weighted by molar-refractivity contribution is 0.0696. The molecule has 0 spiro atoms. The van der Waals surface area contributed by atoms with Crippen molar-refractivity contribution in [2.24, 2.45) is 5.92 Å². The molecule has 3 atom stereocenters. The largest absolute Gasteiger partial charge is 0.497 e. The average molecular weight is 371 g/mol. The van der Waals surface area contributed by atoms with Crippen LogP contribution in [-0.4, -0.2) is 18.2 Å². The normalized spacial score (nSPS) is 21.8. The van der Waals surface area contributed by atoms with E-state index >= 15 is 0 Å². The molecule has 4 nitrogen and oxygen atoms in total. The van der Waals surface area contributed by atoms with Crippen molar-refractivity contribution >= 4 is 11.7 Å². The van der Waals surface area contributed by atoms with Gasteiger partial charge in [-0.25, -0.2) is 4.79 Å². The molecule has 1 aliphatic heterocycles. The number of hydrogen-bond acceptors (Lipinski definition) is 3. The summed E-state index contributed by atoms with van der Waals surface area (Å²) in [5, 5.41) is 13.2. The molecule has 0 aromatic heterocycles. The van der Waals surface area contributed by atoms with Gasteiger partial charge in [-0.05, 0) is 64.9 Å². The van der Waals surface area contributed by atoms with Gasteiger partial charge in [0.25, 0.3) is 0 Å². The number of carbonyl (C=O) groups is 1. The van der Waals surface area contributed by atoms with Gasteiger partial charge < -0.3 is 15.2 Å². The molecule has 0 amide bonds. The molecule has 2 N–H and O–H groups in total. The Bertz CT molecular complexity index is 1060. The predicted molar refractivity (Wildman–Crippen MR) is 108 cm³/mol. The van der Waals surface area contributed by atoms with Crippen molar-refractivity contribution in [1.82, 2.24) is 0 Å². The van der Waals surface area contributed by atoms with E-state index in [1.807, 2.05) is 24.3 Å². The average Bonchev–Trinajstić information content (AvgIpc) is 3.12. The molecule has 1 heterocycles. The maximum absolute atomic E-state index is 11.5. The number of hydrogen-bond donors (Lipinski definition) is 2. The summed E-state index contributed by atoms with van der Waals surface area (Å²) in [5.74, 6) is 0.487. The van der Waals surface area contributed by atoms with Crippen molar-refractivity contribution in [2.45, 2.75) is 18.4 Å². The number of anilines is 1. The Morgan fingerprint density at radius 2 is 1.82 bits per heavy atom. The first kappa shape index (κ1) is 16.9. The fourth-order valence-corrected chi connectivity index (χ4v) is 4.84. The van der Waals surface area contributed by atoms with Crippen LogP contribution in [0.4, 0.5) is 5.69 Å². The molecule has 4 heteroatoms. The van der Waals surface area contributed by atoms with Crippen molar-refractivity contribution in [3.63, 3.8) is 0 Å². The zero-order valence-electron chi connectivity index (χ0n) is 15.6. The monoisotopic (exact) mass is 371 g/mol. The lowest BCUT2D eigenvalue weighted by Crippen LogP contribution is -2.30. The van der Waals surface area contributed by atoms with Crippen LogP contribution in [0.1, 0.15) is 44.6 Å². The number of aromatic carboxylic acids is 1. The number of nitrogens with one attached hydrogen (secondary N) is 1. The quantitative estimate of drug-likeness (QED) is 0.690. The van der Waals surface area contributed by atoms with Gasteiger partial charge in [-0.3, -0.25) is 0 Å². The lowest BCUT2D eigenvalue weighted by atomic mass is 9.75. The van der Waals surface area contributed by atoms with E-state index < -0.39 is 5.97 Å². The van der Waals surface area contributed by atoms with Gasteiger partial charge in [0.1, 0.15) is 5.75 Å². The first-order chi connectivity index (χ1) is 13.7. The lowest BCUT2D eigenvalue weighted by Gasteiger charge is -2.38. The molecule has 28 heavy (non-hydrogen) atoms. The summed E-state index contributed by atoms with van der Waals surface area (Å²) >= 11 is 0. The third kappa shape index (κ3) is 2.56. The number of rotatable bonds is 3. The van der Waals surface area contributed by atoms with Crippen LogP contribution in [-0.2, 0) is 6.42 Å². The molecule has 0 radical (unpaired) electrons. The minimum absolute atomic E-state index is 0.159. The molecule has 140 valence electrons. The Morgan fingerprint density at radius 3 is 2.57 bits per heavy atom. The van der Waals surface area contributed by atoms with E-state index in [9.17, 15) is 9.90 Å². The fourth-order valence-electron chi connectivity index (χ4n) is 4.84. The maximum Gasteiger partial charge on any atom is 0.335 e. The van der Waals surface area contributed by atoms with Gasteiger partial charge in [-0.1, -0.05) is 36.4 Å². The van der Waals surface area contributed by atoms with Gasteiger partial charge >= 0.3 is 5.97 Å². The number of methoxy groups -OCH3 is 1. The van der Waals surface area contributed by atoms with Crippen LogP contribution in [0.3, 0.4) is 0 Å². The Hall–Kier alpha value is -3.27. The Morgan fingerprint density at radius 1 is 1.04 bits per heavy atom. The van der Waals surface area contributed by atoms with Gasteiger partial charge in [-0.2, -0.15) is 0 Å². The van der Waals surface area contributed by atoms with E-state index in [1.165, 1.54) is 16.7 Å². The van der Waals surface area contributed by atoms with Crippen LogP contribution >= 0.6 is 0 Å². The van der Waals surface area contributed by atoms with Gasteiger partial charge in [0.05, 0.1) is 18.7 Å². The summed E-state index contributed by atoms with van der Waals surface area (Å²) < 4.78 is 5.31. The summed E-state index contributed by atoms with van der Waals surface area (Å²) in [4.78, 5) is 11.5. The molecular weight excluding hydrogens is 350 g/mol. The second-order valence-electron chi connectivity index (χ2n) is 7.55. The summed E-state index contributed by atoms with van der Waals surface area (Å²) in [6.45, 7) is 0. The molecule has 0 saturated carbocycles. The highest BCUT2D eigenvalue weighted by Crippen LogP contribution is 2.53. The maximum atomic E-state index is 11.5. The zero-order valence-corrected chi connectivity index (χ0v) is 15.6. The van der Waals surface area contributed by atoms with Crippen molar-refractivity contribution in [2.75, 3.05) is 12.4 Å². The molecule has 0 bridgehead atoms. The number of carboxylic acid groups (broad SMARTS) is 1. The fraction of sp³-hybridized carbons (Fsp3) is 0.208. The molecular formula is C24H21NO3. The van der Waals surface area contributed by atoms with Gasteiger partial charge in [-0.15, -0.1) is 0 Å². The number of fused-ring (bicyclic) bond motifs is 5. The SMILES string of the molecule is COc1ccc([C@@H]2Nc3ccc(C(=O)O)cc3[C@@H]3c4ccccc4C[C@H]32)cc1. The second-order valence-corrected chi connectivity index (χ2v) is 7.55. The summed E-state index contributed by atoms with van der Waals surface area (Å²) in [6, 6.07) is 22.4. The molecule has 3 aromatic carbocycles. The molecule has 0 unspecified atom stereocenters. The highest BCUT2D eigenvalue weighted by Gasteiger charge is 2.43. The Kier molecular flexibility index (Phi) is 3.86. The zero-order chi connectivity index (χ0) is 19.3. The van der Waals surface area contributed by atoms with Crippen LogP contribution in [0.2, 0.25) is 0 Å². The summed E-state index contributed by atoms with van der Waals surface area (Å²) in [6.07, 6.45) is 0.973. The van der Waals surface area contributed by atoms with Crippen LogP contribution in [0.5, 0.6) is 5.75 Å². The predicted octanol–water partition coefficient (Wildman–Crippen LogP) is 4.86. The molecule has 1 aliphatic carbocycles. The van der Waals surface area contributed by atoms with E-state index in [2.05, 4.69) is 41.7 Å². The number of ether oxygens (including phenoxy) is 1. The number of carboxylic acids is 1. The Balaban J connectivity index is 1.65. The van der Waals surface area contributed by atoms with Crippen molar-refractivity contribution in [3.05, 3.63) is 94.5 Å². The standard InChI is InChI=1S/C24H21NO3/c1-28-17-9-6-14(7-10-17)23-20-12-15-4-2-3-5-18(15)22(20)19-13-16(24(26)27)8-11-21(19)25-23/h2-11,13,20,22-23,25H,12H2,1H3,(H,26,27)/t20-,22+,23+/m1/s1. The van der Waals surface area contributed by atoms with Gasteiger partial charge in [0.2, 0.25) is 0 Å². The third-order valence-electron chi connectivity index (χ3n) is 6.12. The van der Waals surface area contributed by atoms with Gasteiger partial charge in [0, 0.05) is 11.6 Å². The molecule has 0 fully saturated rings. The van der Waals surface area contributed by atoms with Crippen molar-refractivity contribution < 1.29 is 14.6 Å². The molecule has 3 aromatic rings. The third-order valence-corrected chi connectivity index (χ3v) is 6.12. The van der Waals surface area contributed by atoms with Crippen LogP contribution < -0.4 is 10.1 Å². The van der Waals surface area contributed by atoms with Crippen molar-refractivity contribution in [3.8, 4) is 5.75 Å². The second kappa shape index (κ2) is 6.41. The molecule has 2 aliphatic rings. The van der Waals surface area contributed by atoms with Crippen LogP contribution in [0.15, 0.2) is 66.7 Å². The van der Waals surface area contributed by atoms with E-state index in [1.54, 1.807) is 13.2 Å². The van der Waals surface area contributed by atoms with E-state index in [0.29, 0.717) is 11.5 Å². The molecule has 0 saturated heterocycles. The smallest absolute Gasteiger partial charge is 0.335 e. The summed E-state index contributed by atoms with van der Waals surface area (Å²) in [5.41, 5.74) is 6.33. The highest BCUT2D eigenvalue weighted by atomic mass is 16.5. The van der Waals surface area contributed by atoms with Crippen molar-refractivity contribution in [1.29, 1.82) is 0 Å².